The summed E-state index contributed by atoms with van der Waals surface area (Å²) in [7, 11) is 0. The van der Waals surface area contributed by atoms with E-state index in [0.29, 0.717) is 37.2 Å². The maximum absolute atomic E-state index is 12.2. The minimum absolute atomic E-state index is 0.227. The smallest absolute Gasteiger partial charge is 0.314 e. The summed E-state index contributed by atoms with van der Waals surface area (Å²) in [5.41, 5.74) is 0.907. The summed E-state index contributed by atoms with van der Waals surface area (Å²) in [5.74, 6) is -0.520. The highest BCUT2D eigenvalue weighted by Gasteiger charge is 2.34. The van der Waals surface area contributed by atoms with Crippen molar-refractivity contribution in [3.05, 3.63) is 35.4 Å². The molecule has 0 saturated carbocycles. The third-order valence-corrected chi connectivity index (χ3v) is 4.33. The quantitative estimate of drug-likeness (QED) is 0.522. The Bertz CT molecular complexity index is 594. The number of nitrogens with zero attached hydrogens (tertiary/aromatic N) is 2. The second kappa shape index (κ2) is 9.17. The molecule has 7 nitrogen and oxygen atoms in total. The van der Waals surface area contributed by atoms with E-state index in [-0.39, 0.29) is 17.8 Å². The minimum atomic E-state index is -0.260. The molecule has 4 amide bonds. The molecule has 0 atom stereocenters. The van der Waals surface area contributed by atoms with Gasteiger partial charge in [0.05, 0.1) is 11.1 Å². The summed E-state index contributed by atoms with van der Waals surface area (Å²) in [6.45, 7) is 8.20. The number of imide groups is 1. The summed E-state index contributed by atoms with van der Waals surface area (Å²) in [4.78, 5) is 39.6. The zero-order valence-corrected chi connectivity index (χ0v) is 14.9. The van der Waals surface area contributed by atoms with Gasteiger partial charge in [-0.1, -0.05) is 26.0 Å². The van der Waals surface area contributed by atoms with Crippen LogP contribution in [0.1, 0.15) is 41.0 Å². The number of hydrogen-bond donors (Lipinski definition) is 2. The van der Waals surface area contributed by atoms with Crippen LogP contribution in [0.2, 0.25) is 0 Å². The third kappa shape index (κ3) is 4.79. The van der Waals surface area contributed by atoms with Crippen LogP contribution in [-0.4, -0.2) is 66.9 Å². The molecule has 1 aromatic carbocycles. The highest BCUT2D eigenvalue weighted by Crippen LogP contribution is 2.22. The zero-order chi connectivity index (χ0) is 18.2. The summed E-state index contributed by atoms with van der Waals surface area (Å²) < 4.78 is 0. The lowest BCUT2D eigenvalue weighted by atomic mass is 10.1. The number of urea groups is 1. The molecule has 0 aromatic heterocycles. The molecule has 7 heteroatoms. The van der Waals surface area contributed by atoms with Crippen molar-refractivity contribution in [3.8, 4) is 0 Å². The van der Waals surface area contributed by atoms with Crippen LogP contribution >= 0.6 is 0 Å². The number of amides is 4. The number of fused-ring (bicyclic) bond motifs is 1. The minimum Gasteiger partial charge on any atom is -0.338 e. The average molecular weight is 346 g/mol. The maximum atomic E-state index is 12.2. The lowest BCUT2D eigenvalue weighted by Gasteiger charge is -2.18. The number of nitrogens with one attached hydrogen (secondary N) is 2. The molecule has 0 spiro atoms. The standard InChI is InChI=1S/C18H26N4O3/c1-3-21(4-2)13-11-20-18(25)19-10-7-12-22-16(23)14-8-5-6-9-15(14)17(22)24/h5-6,8-9H,3-4,7,10-13H2,1-2H3,(H2,19,20,25). The molecule has 1 heterocycles. The normalized spacial score (nSPS) is 13.3. The molecule has 0 saturated heterocycles. The lowest BCUT2D eigenvalue weighted by Crippen LogP contribution is -2.41. The molecule has 1 aliphatic rings. The van der Waals surface area contributed by atoms with Crippen LogP contribution in [0, 0.1) is 0 Å². The largest absolute Gasteiger partial charge is 0.338 e. The van der Waals surface area contributed by atoms with E-state index in [4.69, 9.17) is 0 Å². The van der Waals surface area contributed by atoms with E-state index in [0.717, 1.165) is 19.6 Å². The van der Waals surface area contributed by atoms with Crippen LogP contribution in [0.25, 0.3) is 0 Å². The highest BCUT2D eigenvalue weighted by atomic mass is 16.2. The highest BCUT2D eigenvalue weighted by molar-refractivity contribution is 6.21. The molecule has 0 bridgehead atoms. The van der Waals surface area contributed by atoms with Crippen molar-refractivity contribution in [3.63, 3.8) is 0 Å². The number of likely N-dealkylation sites (N-methyl/N-ethyl adjacent to an activating group) is 1. The third-order valence-electron chi connectivity index (χ3n) is 4.33. The molecular formula is C18H26N4O3. The Kier molecular flexibility index (Phi) is 6.94. The van der Waals surface area contributed by atoms with Gasteiger partial charge in [0.2, 0.25) is 0 Å². The van der Waals surface area contributed by atoms with Crippen LogP contribution in [-0.2, 0) is 0 Å². The van der Waals surface area contributed by atoms with Crippen LogP contribution in [0.4, 0.5) is 4.79 Å². The lowest BCUT2D eigenvalue weighted by molar-refractivity contribution is 0.0653. The first-order valence-corrected chi connectivity index (χ1v) is 8.77. The SMILES string of the molecule is CCN(CC)CCNC(=O)NCCCN1C(=O)c2ccccc2C1=O. The molecule has 1 aliphatic heterocycles. The summed E-state index contributed by atoms with van der Waals surface area (Å²) in [5, 5.41) is 5.55. The fourth-order valence-corrected chi connectivity index (χ4v) is 2.81. The second-order valence-corrected chi connectivity index (χ2v) is 5.87. The van der Waals surface area contributed by atoms with E-state index in [1.165, 1.54) is 4.90 Å². The Balaban J connectivity index is 1.66. The first-order valence-electron chi connectivity index (χ1n) is 8.77. The van der Waals surface area contributed by atoms with Gasteiger partial charge in [0, 0.05) is 26.2 Å². The monoisotopic (exact) mass is 346 g/mol. The van der Waals surface area contributed by atoms with Gasteiger partial charge >= 0.3 is 6.03 Å². The van der Waals surface area contributed by atoms with Crippen molar-refractivity contribution in [2.45, 2.75) is 20.3 Å². The molecular weight excluding hydrogens is 320 g/mol. The van der Waals surface area contributed by atoms with E-state index < -0.39 is 0 Å². The van der Waals surface area contributed by atoms with Crippen molar-refractivity contribution < 1.29 is 14.4 Å². The van der Waals surface area contributed by atoms with E-state index in [9.17, 15) is 14.4 Å². The van der Waals surface area contributed by atoms with Gasteiger partial charge in [0.25, 0.3) is 11.8 Å². The Morgan fingerprint density at radius 2 is 1.56 bits per heavy atom. The molecule has 1 aromatic rings. The van der Waals surface area contributed by atoms with Gasteiger partial charge < -0.3 is 15.5 Å². The number of carbonyl (C=O) groups excluding carboxylic acids is 3. The molecule has 0 aliphatic carbocycles. The molecule has 2 N–H and O–H groups in total. The molecule has 0 unspecified atom stereocenters. The van der Waals surface area contributed by atoms with E-state index in [1.807, 2.05) is 0 Å². The average Bonchev–Trinajstić information content (AvgIpc) is 2.87. The van der Waals surface area contributed by atoms with Crippen LogP contribution in [0.3, 0.4) is 0 Å². The van der Waals surface area contributed by atoms with Crippen molar-refractivity contribution >= 4 is 17.8 Å². The van der Waals surface area contributed by atoms with Gasteiger partial charge in [-0.05, 0) is 31.6 Å². The summed E-state index contributed by atoms with van der Waals surface area (Å²) in [6.07, 6.45) is 0.523. The van der Waals surface area contributed by atoms with E-state index in [2.05, 4.69) is 29.4 Å². The van der Waals surface area contributed by atoms with Gasteiger partial charge in [-0.3, -0.25) is 14.5 Å². The van der Waals surface area contributed by atoms with Crippen LogP contribution in [0.15, 0.2) is 24.3 Å². The number of hydrogen-bond acceptors (Lipinski definition) is 4. The number of rotatable bonds is 9. The van der Waals surface area contributed by atoms with Crippen molar-refractivity contribution in [2.24, 2.45) is 0 Å². The Labute approximate surface area is 148 Å². The van der Waals surface area contributed by atoms with Crippen LogP contribution in [0.5, 0.6) is 0 Å². The zero-order valence-electron chi connectivity index (χ0n) is 14.9. The molecule has 25 heavy (non-hydrogen) atoms. The number of benzene rings is 1. The van der Waals surface area contributed by atoms with Crippen molar-refractivity contribution in [1.29, 1.82) is 0 Å². The Morgan fingerprint density at radius 3 is 2.12 bits per heavy atom. The topological polar surface area (TPSA) is 81.8 Å². The maximum Gasteiger partial charge on any atom is 0.314 e. The van der Waals surface area contributed by atoms with Gasteiger partial charge in [0.15, 0.2) is 0 Å². The molecule has 2 rings (SSSR count). The fraction of sp³-hybridized carbons (Fsp3) is 0.500. The Hall–Kier alpha value is -2.41. The van der Waals surface area contributed by atoms with E-state index in [1.54, 1.807) is 24.3 Å². The van der Waals surface area contributed by atoms with Gasteiger partial charge in [-0.2, -0.15) is 0 Å². The molecule has 136 valence electrons. The predicted octanol–water partition coefficient (Wildman–Crippen LogP) is 1.31. The van der Waals surface area contributed by atoms with Crippen LogP contribution < -0.4 is 10.6 Å². The summed E-state index contributed by atoms with van der Waals surface area (Å²) in [6, 6.07) is 6.60. The Morgan fingerprint density at radius 1 is 1.00 bits per heavy atom. The van der Waals surface area contributed by atoms with Crippen molar-refractivity contribution in [2.75, 3.05) is 39.3 Å². The van der Waals surface area contributed by atoms with E-state index >= 15 is 0 Å². The van der Waals surface area contributed by atoms with Gasteiger partial charge in [0.1, 0.15) is 0 Å². The van der Waals surface area contributed by atoms with Crippen molar-refractivity contribution in [1.82, 2.24) is 20.4 Å². The van der Waals surface area contributed by atoms with Gasteiger partial charge in [-0.25, -0.2) is 4.79 Å². The first-order chi connectivity index (χ1) is 12.1. The number of carbonyl (C=O) groups is 3. The fourth-order valence-electron chi connectivity index (χ4n) is 2.81. The van der Waals surface area contributed by atoms with Gasteiger partial charge in [-0.15, -0.1) is 0 Å². The molecule has 0 radical (unpaired) electrons. The predicted molar refractivity (Wildman–Crippen MR) is 95.6 cm³/mol. The summed E-state index contributed by atoms with van der Waals surface area (Å²) >= 11 is 0. The molecule has 0 fully saturated rings. The second-order valence-electron chi connectivity index (χ2n) is 5.87. The first kappa shape index (κ1) is 18.9.